The molecule has 0 spiro atoms. The largest absolute Gasteiger partial charge is 0.481 e. The van der Waals surface area contributed by atoms with Gasteiger partial charge in [-0.1, -0.05) is 6.07 Å². The summed E-state index contributed by atoms with van der Waals surface area (Å²) in [6.07, 6.45) is 1.62. The van der Waals surface area contributed by atoms with Crippen LogP contribution in [-0.4, -0.2) is 21.8 Å². The first kappa shape index (κ1) is 19.6. The third kappa shape index (κ3) is 3.38. The second-order valence-electron chi connectivity index (χ2n) is 6.73. The Morgan fingerprint density at radius 1 is 1.13 bits per heavy atom. The van der Waals surface area contributed by atoms with Crippen molar-refractivity contribution < 1.29 is 18.6 Å². The predicted molar refractivity (Wildman–Crippen MR) is 108 cm³/mol. The van der Waals surface area contributed by atoms with Gasteiger partial charge < -0.3 is 14.4 Å². The summed E-state index contributed by atoms with van der Waals surface area (Å²) in [5.41, 5.74) is 3.41. The molecule has 0 bridgehead atoms. The molecule has 0 aliphatic carbocycles. The number of ether oxygens (including phenoxy) is 1. The van der Waals surface area contributed by atoms with Crippen molar-refractivity contribution in [3.63, 3.8) is 0 Å². The highest BCUT2D eigenvalue weighted by Crippen LogP contribution is 2.36. The molecule has 5 nitrogen and oxygen atoms in total. The molecular weight excluding hydrogens is 388 g/mol. The van der Waals surface area contributed by atoms with Crippen LogP contribution in [0.3, 0.4) is 0 Å². The Labute approximate surface area is 171 Å². The van der Waals surface area contributed by atoms with Gasteiger partial charge in [-0.25, -0.2) is 13.8 Å². The summed E-state index contributed by atoms with van der Waals surface area (Å²) in [6.45, 7) is -0.227. The number of nitriles is 1. The van der Waals surface area contributed by atoms with Crippen LogP contribution in [-0.2, 0) is 13.2 Å². The van der Waals surface area contributed by atoms with Gasteiger partial charge in [0.15, 0.2) is 0 Å². The molecule has 0 aliphatic rings. The summed E-state index contributed by atoms with van der Waals surface area (Å²) < 4.78 is 34.5. The first-order valence-electron chi connectivity index (χ1n) is 9.16. The molecule has 0 atom stereocenters. The van der Waals surface area contributed by atoms with Crippen molar-refractivity contribution in [1.82, 2.24) is 9.55 Å². The maximum atomic E-state index is 14.3. The minimum atomic E-state index is -0.665. The number of aliphatic hydroxyl groups is 1. The number of hydrogen-bond donors (Lipinski definition) is 1. The molecular formula is C23H17F2N3O2. The Hall–Kier alpha value is -3.76. The minimum Gasteiger partial charge on any atom is -0.481 e. The Morgan fingerprint density at radius 2 is 1.97 bits per heavy atom. The van der Waals surface area contributed by atoms with Gasteiger partial charge in [-0.15, -0.1) is 0 Å². The summed E-state index contributed by atoms with van der Waals surface area (Å²) in [4.78, 5) is 4.24. The fraction of sp³-hybridized carbons (Fsp3) is 0.130. The van der Waals surface area contributed by atoms with E-state index < -0.39 is 11.6 Å². The molecule has 0 fully saturated rings. The number of aliphatic hydroxyl groups excluding tert-OH is 1. The van der Waals surface area contributed by atoms with Gasteiger partial charge in [0, 0.05) is 45.9 Å². The fourth-order valence-corrected chi connectivity index (χ4v) is 3.61. The molecule has 0 saturated carbocycles. The second-order valence-corrected chi connectivity index (χ2v) is 6.73. The smallest absolute Gasteiger partial charge is 0.212 e. The number of methoxy groups -OCH3 is 1. The topological polar surface area (TPSA) is 71.1 Å². The van der Waals surface area contributed by atoms with Crippen LogP contribution in [0.4, 0.5) is 8.78 Å². The Bertz CT molecular complexity index is 1270. The third-order valence-corrected chi connectivity index (χ3v) is 5.03. The van der Waals surface area contributed by atoms with E-state index in [-0.39, 0.29) is 18.7 Å². The average Bonchev–Trinajstić information content (AvgIpc) is 3.08. The molecule has 0 amide bonds. The fourth-order valence-electron chi connectivity index (χ4n) is 3.61. The van der Waals surface area contributed by atoms with Crippen LogP contribution in [0.1, 0.15) is 16.8 Å². The maximum Gasteiger partial charge on any atom is 0.212 e. The standard InChI is InChI=1S/C23H17F2N3O2/c1-30-22-7-4-15(11-27-22)23-18-8-14(10-26)2-6-20(18)28(21(23)13-29)12-16-3-5-17(24)9-19(16)25/h2-9,11,29H,12-13H2,1H3. The first-order chi connectivity index (χ1) is 14.5. The van der Waals surface area contributed by atoms with Gasteiger partial charge in [0.05, 0.1) is 37.6 Å². The molecule has 2 aromatic heterocycles. The predicted octanol–water partition coefficient (Wildman–Crippen LogP) is 4.40. The van der Waals surface area contributed by atoms with Crippen molar-refractivity contribution in [2.75, 3.05) is 7.11 Å². The number of nitrogens with zero attached hydrogens (tertiary/aromatic N) is 3. The summed E-state index contributed by atoms with van der Waals surface area (Å²) in [5.74, 6) is -0.874. The van der Waals surface area contributed by atoms with Gasteiger partial charge in [-0.05, 0) is 30.3 Å². The lowest BCUT2D eigenvalue weighted by atomic mass is 10.0. The highest BCUT2D eigenvalue weighted by molar-refractivity contribution is 5.98. The number of rotatable bonds is 5. The van der Waals surface area contributed by atoms with Gasteiger partial charge in [0.25, 0.3) is 0 Å². The van der Waals surface area contributed by atoms with Crippen LogP contribution in [0.5, 0.6) is 5.88 Å². The lowest BCUT2D eigenvalue weighted by Crippen LogP contribution is -2.07. The molecule has 30 heavy (non-hydrogen) atoms. The van der Waals surface area contributed by atoms with E-state index in [1.165, 1.54) is 19.2 Å². The van der Waals surface area contributed by atoms with Gasteiger partial charge in [-0.3, -0.25) is 0 Å². The quantitative estimate of drug-likeness (QED) is 0.534. The highest BCUT2D eigenvalue weighted by Gasteiger charge is 2.20. The van der Waals surface area contributed by atoms with E-state index in [2.05, 4.69) is 11.1 Å². The van der Waals surface area contributed by atoms with E-state index in [0.29, 0.717) is 28.2 Å². The zero-order valence-electron chi connectivity index (χ0n) is 16.1. The van der Waals surface area contributed by atoms with Gasteiger partial charge in [0.2, 0.25) is 5.88 Å². The number of benzene rings is 2. The second kappa shape index (κ2) is 7.93. The number of aromatic nitrogens is 2. The molecule has 7 heteroatoms. The van der Waals surface area contributed by atoms with Crippen LogP contribution in [0.2, 0.25) is 0 Å². The van der Waals surface area contributed by atoms with E-state index >= 15 is 0 Å². The molecule has 4 aromatic rings. The third-order valence-electron chi connectivity index (χ3n) is 5.03. The number of hydrogen-bond acceptors (Lipinski definition) is 4. The Kier molecular flexibility index (Phi) is 5.17. The van der Waals surface area contributed by atoms with E-state index in [0.717, 1.165) is 17.0 Å². The van der Waals surface area contributed by atoms with Crippen molar-refractivity contribution in [1.29, 1.82) is 5.26 Å². The summed E-state index contributed by atoms with van der Waals surface area (Å²) in [5, 5.41) is 20.3. The molecule has 4 rings (SSSR count). The van der Waals surface area contributed by atoms with Crippen molar-refractivity contribution in [3.8, 4) is 23.1 Å². The summed E-state index contributed by atoms with van der Waals surface area (Å²) >= 11 is 0. The minimum absolute atomic E-state index is 0.0913. The highest BCUT2D eigenvalue weighted by atomic mass is 19.1. The molecule has 0 saturated heterocycles. The normalized spacial score (nSPS) is 10.9. The van der Waals surface area contributed by atoms with Crippen LogP contribution >= 0.6 is 0 Å². The average molecular weight is 405 g/mol. The lowest BCUT2D eigenvalue weighted by Gasteiger charge is -2.12. The molecule has 150 valence electrons. The number of fused-ring (bicyclic) bond motifs is 1. The van der Waals surface area contributed by atoms with E-state index in [9.17, 15) is 19.1 Å². The van der Waals surface area contributed by atoms with Crippen LogP contribution in [0, 0.1) is 23.0 Å². The molecule has 0 unspecified atom stereocenters. The van der Waals surface area contributed by atoms with Crippen LogP contribution in [0.15, 0.2) is 54.7 Å². The first-order valence-corrected chi connectivity index (χ1v) is 9.16. The van der Waals surface area contributed by atoms with E-state index in [4.69, 9.17) is 4.74 Å². The van der Waals surface area contributed by atoms with Crippen molar-refractivity contribution in [2.45, 2.75) is 13.2 Å². The van der Waals surface area contributed by atoms with Gasteiger partial charge >= 0.3 is 0 Å². The van der Waals surface area contributed by atoms with Gasteiger partial charge in [0.1, 0.15) is 11.6 Å². The van der Waals surface area contributed by atoms with Crippen LogP contribution < -0.4 is 4.74 Å². The van der Waals surface area contributed by atoms with Crippen molar-refractivity contribution in [3.05, 3.63) is 83.2 Å². The SMILES string of the molecule is COc1ccc(-c2c(CO)n(Cc3ccc(F)cc3F)c3ccc(C#N)cc23)cn1. The molecule has 2 aromatic carbocycles. The van der Waals surface area contributed by atoms with E-state index in [1.54, 1.807) is 35.0 Å². The van der Waals surface area contributed by atoms with Crippen LogP contribution in [0.25, 0.3) is 22.0 Å². The lowest BCUT2D eigenvalue weighted by molar-refractivity contribution is 0.272. The molecule has 1 N–H and O–H groups in total. The summed E-state index contributed by atoms with van der Waals surface area (Å²) in [6, 6.07) is 14.2. The monoisotopic (exact) mass is 405 g/mol. The Morgan fingerprint density at radius 3 is 2.60 bits per heavy atom. The molecule has 0 radical (unpaired) electrons. The van der Waals surface area contributed by atoms with Gasteiger partial charge in [-0.2, -0.15) is 5.26 Å². The molecule has 2 heterocycles. The Balaban J connectivity index is 1.96. The van der Waals surface area contributed by atoms with Crippen molar-refractivity contribution in [2.24, 2.45) is 0 Å². The zero-order valence-corrected chi connectivity index (χ0v) is 16.1. The van der Waals surface area contributed by atoms with Crippen molar-refractivity contribution >= 4 is 10.9 Å². The number of halogens is 2. The zero-order chi connectivity index (χ0) is 21.3. The summed E-state index contributed by atoms with van der Waals surface area (Å²) in [7, 11) is 1.52. The van der Waals surface area contributed by atoms with E-state index in [1.807, 2.05) is 6.07 Å². The maximum absolute atomic E-state index is 14.3. The number of pyridine rings is 1. The molecule has 0 aliphatic heterocycles.